The van der Waals surface area contributed by atoms with Gasteiger partial charge in [-0.25, -0.2) is 0 Å². The highest BCUT2D eigenvalue weighted by atomic mass is 19.4. The molecule has 1 fully saturated rings. The van der Waals surface area contributed by atoms with Crippen LogP contribution in [0.15, 0.2) is 18.2 Å². The van der Waals surface area contributed by atoms with Gasteiger partial charge in [0.1, 0.15) is 5.78 Å². The van der Waals surface area contributed by atoms with Crippen LogP contribution < -0.4 is 0 Å². The number of hydrogen-bond acceptors (Lipinski definition) is 1. The van der Waals surface area contributed by atoms with Gasteiger partial charge in [-0.05, 0) is 44.2 Å². The smallest absolute Gasteiger partial charge is 0.299 e. The average Bonchev–Trinajstić information content (AvgIpc) is 2.42. The van der Waals surface area contributed by atoms with Gasteiger partial charge >= 0.3 is 6.18 Å². The number of halogens is 3. The van der Waals surface area contributed by atoms with Crippen LogP contribution in [0.3, 0.4) is 0 Å². The van der Waals surface area contributed by atoms with Gasteiger partial charge in [0, 0.05) is 12.3 Å². The third-order valence-electron chi connectivity index (χ3n) is 4.46. The van der Waals surface area contributed by atoms with E-state index in [1.807, 2.05) is 32.0 Å². The number of benzene rings is 1. The summed E-state index contributed by atoms with van der Waals surface area (Å²) in [4.78, 5) is 12.3. The van der Waals surface area contributed by atoms with Crippen LogP contribution in [0.4, 0.5) is 13.2 Å². The highest BCUT2D eigenvalue weighted by Crippen LogP contribution is 2.40. The zero-order chi connectivity index (χ0) is 15.6. The van der Waals surface area contributed by atoms with Gasteiger partial charge < -0.3 is 0 Å². The Morgan fingerprint density at radius 3 is 2.62 bits per heavy atom. The number of carbonyl (C=O) groups excluding carboxylic acids is 1. The van der Waals surface area contributed by atoms with Crippen molar-refractivity contribution in [2.75, 3.05) is 0 Å². The molecule has 0 aliphatic heterocycles. The molecule has 116 valence electrons. The fourth-order valence-corrected chi connectivity index (χ4v) is 3.10. The van der Waals surface area contributed by atoms with Gasteiger partial charge in [-0.1, -0.05) is 30.2 Å². The molecule has 1 nitrogen and oxygen atoms in total. The normalized spacial score (nSPS) is 23.1. The number of carbonyl (C=O) groups is 1. The molecule has 0 N–H and O–H groups in total. The second-order valence-electron chi connectivity index (χ2n) is 6.18. The lowest BCUT2D eigenvalue weighted by Gasteiger charge is -2.29. The molecule has 0 amide bonds. The van der Waals surface area contributed by atoms with Gasteiger partial charge in [-0.3, -0.25) is 4.79 Å². The first kappa shape index (κ1) is 16.1. The summed E-state index contributed by atoms with van der Waals surface area (Å²) in [5, 5.41) is 0. The van der Waals surface area contributed by atoms with Crippen LogP contribution in [0.1, 0.15) is 42.4 Å². The second-order valence-corrected chi connectivity index (χ2v) is 6.18. The van der Waals surface area contributed by atoms with Crippen molar-refractivity contribution in [1.82, 2.24) is 0 Å². The lowest BCUT2D eigenvalue weighted by Crippen LogP contribution is -2.32. The summed E-state index contributed by atoms with van der Waals surface area (Å²) < 4.78 is 38.4. The first-order chi connectivity index (χ1) is 9.77. The Bertz CT molecular complexity index is 519. The Morgan fingerprint density at radius 2 is 1.95 bits per heavy atom. The Labute approximate surface area is 123 Å². The molecular formula is C17H21F3O. The highest BCUT2D eigenvalue weighted by molar-refractivity contribution is 5.83. The molecule has 4 heteroatoms. The number of ketones is 1. The number of Topliss-reactive ketones (excluding diaryl/α,β-unsaturated/α-hetero) is 1. The molecular weight excluding hydrogens is 277 g/mol. The first-order valence-electron chi connectivity index (χ1n) is 7.43. The Morgan fingerprint density at radius 1 is 1.24 bits per heavy atom. The molecule has 1 saturated carbocycles. The zero-order valence-corrected chi connectivity index (χ0v) is 12.5. The van der Waals surface area contributed by atoms with E-state index in [0.717, 1.165) is 16.7 Å². The molecule has 0 spiro atoms. The molecule has 2 atom stereocenters. The first-order valence-corrected chi connectivity index (χ1v) is 7.43. The number of aryl methyl sites for hydroxylation is 2. The summed E-state index contributed by atoms with van der Waals surface area (Å²) in [5.74, 6) is -1.79. The summed E-state index contributed by atoms with van der Waals surface area (Å²) in [6.45, 7) is 3.88. The minimum absolute atomic E-state index is 0.0345. The maximum atomic E-state index is 12.8. The lowest BCUT2D eigenvalue weighted by atomic mass is 9.77. The molecule has 1 aliphatic rings. The maximum absolute atomic E-state index is 12.8. The SMILES string of the molecule is Cc1ccc(C)c(CC(=O)C2CCCC(C(F)(F)F)C2)c1. The van der Waals surface area contributed by atoms with Crippen molar-refractivity contribution in [3.8, 4) is 0 Å². The minimum atomic E-state index is -4.17. The molecule has 21 heavy (non-hydrogen) atoms. The molecule has 2 unspecified atom stereocenters. The van der Waals surface area contributed by atoms with Crippen molar-refractivity contribution >= 4 is 5.78 Å². The van der Waals surface area contributed by atoms with Crippen molar-refractivity contribution in [2.45, 2.75) is 52.1 Å². The van der Waals surface area contributed by atoms with Gasteiger partial charge in [0.25, 0.3) is 0 Å². The number of alkyl halides is 3. The largest absolute Gasteiger partial charge is 0.391 e. The van der Waals surface area contributed by atoms with E-state index >= 15 is 0 Å². The van der Waals surface area contributed by atoms with Crippen LogP contribution >= 0.6 is 0 Å². The molecule has 0 aromatic heterocycles. The molecule has 0 bridgehead atoms. The highest BCUT2D eigenvalue weighted by Gasteiger charge is 2.43. The monoisotopic (exact) mass is 298 g/mol. The van der Waals surface area contributed by atoms with Crippen molar-refractivity contribution in [2.24, 2.45) is 11.8 Å². The topological polar surface area (TPSA) is 17.1 Å². The van der Waals surface area contributed by atoms with Gasteiger partial charge in [-0.2, -0.15) is 13.2 Å². The van der Waals surface area contributed by atoms with E-state index in [2.05, 4.69) is 0 Å². The molecule has 0 heterocycles. The summed E-state index contributed by atoms with van der Waals surface area (Å²) in [6, 6.07) is 5.89. The standard InChI is InChI=1S/C17H21F3O/c1-11-6-7-12(2)14(8-11)10-16(21)13-4-3-5-15(9-13)17(18,19)20/h6-8,13,15H,3-5,9-10H2,1-2H3. The van der Waals surface area contributed by atoms with E-state index in [4.69, 9.17) is 0 Å². The van der Waals surface area contributed by atoms with Crippen LogP contribution in [0.25, 0.3) is 0 Å². The third-order valence-corrected chi connectivity index (χ3v) is 4.46. The average molecular weight is 298 g/mol. The second kappa shape index (κ2) is 6.20. The van der Waals surface area contributed by atoms with Crippen LogP contribution in [-0.2, 0) is 11.2 Å². The lowest BCUT2D eigenvalue weighted by molar-refractivity contribution is -0.186. The number of rotatable bonds is 3. The Hall–Kier alpha value is -1.32. The quantitative estimate of drug-likeness (QED) is 0.784. The van der Waals surface area contributed by atoms with Crippen LogP contribution in [0.2, 0.25) is 0 Å². The van der Waals surface area contributed by atoms with E-state index in [0.29, 0.717) is 12.8 Å². The predicted molar refractivity (Wildman–Crippen MR) is 76.1 cm³/mol. The minimum Gasteiger partial charge on any atom is -0.299 e. The summed E-state index contributed by atoms with van der Waals surface area (Å²) >= 11 is 0. The van der Waals surface area contributed by atoms with Gasteiger partial charge in [0.2, 0.25) is 0 Å². The molecule has 1 aliphatic carbocycles. The van der Waals surface area contributed by atoms with Gasteiger partial charge in [-0.15, -0.1) is 0 Å². The van der Waals surface area contributed by atoms with Crippen molar-refractivity contribution in [3.05, 3.63) is 34.9 Å². The van der Waals surface area contributed by atoms with Crippen molar-refractivity contribution < 1.29 is 18.0 Å². The van der Waals surface area contributed by atoms with Crippen molar-refractivity contribution in [3.63, 3.8) is 0 Å². The molecule has 1 aromatic rings. The third kappa shape index (κ3) is 4.08. The summed E-state index contributed by atoms with van der Waals surface area (Å²) in [5.41, 5.74) is 3.03. The van der Waals surface area contributed by atoms with E-state index < -0.39 is 18.0 Å². The van der Waals surface area contributed by atoms with E-state index in [1.54, 1.807) is 0 Å². The molecule has 1 aromatic carbocycles. The van der Waals surface area contributed by atoms with Gasteiger partial charge in [0.15, 0.2) is 0 Å². The fourth-order valence-electron chi connectivity index (χ4n) is 3.10. The van der Waals surface area contributed by atoms with Gasteiger partial charge in [0.05, 0.1) is 5.92 Å². The van der Waals surface area contributed by atoms with E-state index in [9.17, 15) is 18.0 Å². The zero-order valence-electron chi connectivity index (χ0n) is 12.5. The fraction of sp³-hybridized carbons (Fsp3) is 0.588. The predicted octanol–water partition coefficient (Wildman–Crippen LogP) is 4.78. The Kier molecular flexibility index (Phi) is 4.74. The van der Waals surface area contributed by atoms with Crippen LogP contribution in [0.5, 0.6) is 0 Å². The maximum Gasteiger partial charge on any atom is 0.391 e. The molecule has 0 radical (unpaired) electrons. The Balaban J connectivity index is 2.04. The van der Waals surface area contributed by atoms with Crippen molar-refractivity contribution in [1.29, 1.82) is 0 Å². The number of hydrogen-bond donors (Lipinski definition) is 0. The molecule has 0 saturated heterocycles. The summed E-state index contributed by atoms with van der Waals surface area (Å²) in [6.07, 6.45) is -2.70. The van der Waals surface area contributed by atoms with E-state index in [-0.39, 0.29) is 25.0 Å². The summed E-state index contributed by atoms with van der Waals surface area (Å²) in [7, 11) is 0. The van der Waals surface area contributed by atoms with Crippen LogP contribution in [0, 0.1) is 25.7 Å². The molecule has 2 rings (SSSR count). The van der Waals surface area contributed by atoms with E-state index in [1.165, 1.54) is 0 Å². The van der Waals surface area contributed by atoms with Crippen LogP contribution in [-0.4, -0.2) is 12.0 Å².